The SMILES string of the molecule is CC(=O)OCc1ccc(C#N)cc1.CC(=O)OCc1ccc(C#N)cc1[N+](=O)[O-]. The van der Waals surface area contributed by atoms with E-state index in [1.807, 2.05) is 6.07 Å². The van der Waals surface area contributed by atoms with Crippen molar-refractivity contribution in [3.63, 3.8) is 0 Å². The number of rotatable bonds is 5. The van der Waals surface area contributed by atoms with E-state index in [1.165, 1.54) is 26.0 Å². The quantitative estimate of drug-likeness (QED) is 0.426. The molecule has 0 aliphatic rings. The molecule has 0 aliphatic carbocycles. The number of nitriles is 2. The van der Waals surface area contributed by atoms with Crippen molar-refractivity contribution in [2.24, 2.45) is 0 Å². The van der Waals surface area contributed by atoms with Crippen LogP contribution in [0.15, 0.2) is 42.5 Å². The van der Waals surface area contributed by atoms with E-state index in [9.17, 15) is 19.7 Å². The van der Waals surface area contributed by atoms with Gasteiger partial charge in [-0.2, -0.15) is 10.5 Å². The summed E-state index contributed by atoms with van der Waals surface area (Å²) in [5.41, 5.74) is 1.72. The van der Waals surface area contributed by atoms with Crippen LogP contribution < -0.4 is 0 Å². The number of benzene rings is 2. The molecule has 0 heterocycles. The first-order valence-electron chi connectivity index (χ1n) is 8.20. The maximum Gasteiger partial charge on any atom is 0.302 e. The summed E-state index contributed by atoms with van der Waals surface area (Å²) in [6.07, 6.45) is 0. The van der Waals surface area contributed by atoms with E-state index in [4.69, 9.17) is 15.3 Å². The molecule has 0 spiro atoms. The van der Waals surface area contributed by atoms with E-state index in [1.54, 1.807) is 30.3 Å². The molecule has 0 saturated heterocycles. The van der Waals surface area contributed by atoms with Crippen LogP contribution >= 0.6 is 0 Å². The zero-order valence-electron chi connectivity index (χ0n) is 15.7. The van der Waals surface area contributed by atoms with E-state index in [0.717, 1.165) is 11.6 Å². The second kappa shape index (κ2) is 11.5. The van der Waals surface area contributed by atoms with Crippen molar-refractivity contribution in [2.75, 3.05) is 0 Å². The van der Waals surface area contributed by atoms with Gasteiger partial charge in [0.05, 0.1) is 33.8 Å². The van der Waals surface area contributed by atoms with Gasteiger partial charge in [0, 0.05) is 19.9 Å². The topological polar surface area (TPSA) is 143 Å². The van der Waals surface area contributed by atoms with Gasteiger partial charge in [0.2, 0.25) is 0 Å². The molecule has 9 nitrogen and oxygen atoms in total. The van der Waals surface area contributed by atoms with Crippen molar-refractivity contribution in [2.45, 2.75) is 27.1 Å². The monoisotopic (exact) mass is 395 g/mol. The van der Waals surface area contributed by atoms with Gasteiger partial charge in [-0.25, -0.2) is 0 Å². The van der Waals surface area contributed by atoms with Crippen LogP contribution in [0.4, 0.5) is 5.69 Å². The fraction of sp³-hybridized carbons (Fsp3) is 0.200. The van der Waals surface area contributed by atoms with E-state index < -0.39 is 10.9 Å². The molecule has 0 unspecified atom stereocenters. The Morgan fingerprint density at radius 2 is 1.45 bits per heavy atom. The number of ether oxygens (including phenoxy) is 2. The molecule has 0 amide bonds. The van der Waals surface area contributed by atoms with Crippen molar-refractivity contribution in [3.8, 4) is 12.1 Å². The second-order valence-electron chi connectivity index (χ2n) is 5.58. The minimum absolute atomic E-state index is 0.169. The van der Waals surface area contributed by atoms with Crippen LogP contribution in [0.25, 0.3) is 0 Å². The molecule has 9 heteroatoms. The Bertz CT molecular complexity index is 971. The van der Waals surface area contributed by atoms with E-state index in [-0.39, 0.29) is 36.0 Å². The summed E-state index contributed by atoms with van der Waals surface area (Å²) in [6.45, 7) is 2.68. The number of hydrogen-bond donors (Lipinski definition) is 0. The van der Waals surface area contributed by atoms with Crippen LogP contribution in [0.5, 0.6) is 0 Å². The largest absolute Gasteiger partial charge is 0.461 e. The van der Waals surface area contributed by atoms with Gasteiger partial charge in [-0.15, -0.1) is 0 Å². The number of esters is 2. The van der Waals surface area contributed by atoms with Crippen molar-refractivity contribution in [3.05, 3.63) is 74.8 Å². The van der Waals surface area contributed by atoms with Gasteiger partial charge in [0.15, 0.2) is 0 Å². The fourth-order valence-electron chi connectivity index (χ4n) is 1.97. The lowest BCUT2D eigenvalue weighted by Crippen LogP contribution is -2.02. The van der Waals surface area contributed by atoms with Crippen LogP contribution in [0, 0.1) is 32.8 Å². The molecule has 0 radical (unpaired) electrons. The predicted molar refractivity (Wildman–Crippen MR) is 99.9 cm³/mol. The minimum atomic E-state index is -0.611. The lowest BCUT2D eigenvalue weighted by atomic mass is 10.1. The molecule has 0 bridgehead atoms. The smallest absolute Gasteiger partial charge is 0.302 e. The Morgan fingerprint density at radius 3 is 1.93 bits per heavy atom. The third kappa shape index (κ3) is 8.33. The average molecular weight is 395 g/mol. The first-order chi connectivity index (χ1) is 13.8. The number of nitro groups is 1. The van der Waals surface area contributed by atoms with Gasteiger partial charge in [-0.3, -0.25) is 19.7 Å². The number of nitrogens with zero attached hydrogens (tertiary/aromatic N) is 3. The van der Waals surface area contributed by atoms with Gasteiger partial charge >= 0.3 is 11.9 Å². The number of nitro benzene ring substituents is 1. The highest BCUT2D eigenvalue weighted by atomic mass is 16.6. The second-order valence-corrected chi connectivity index (χ2v) is 5.58. The minimum Gasteiger partial charge on any atom is -0.461 e. The first-order valence-corrected chi connectivity index (χ1v) is 8.20. The first kappa shape index (κ1) is 22.8. The standard InChI is InChI=1S/C10H8N2O4.C10H9NO2/c1-7(13)16-6-9-3-2-8(5-11)4-10(9)12(14)15;1-8(12)13-7-10-4-2-9(6-11)3-5-10/h2-4H,6H2,1H3;2-5H,7H2,1H3. The van der Waals surface area contributed by atoms with Crippen LogP contribution in [-0.2, 0) is 32.3 Å². The predicted octanol–water partition coefficient (Wildman–Crippen LogP) is 3.15. The molecule has 0 atom stereocenters. The maximum atomic E-state index is 10.7. The average Bonchev–Trinajstić information content (AvgIpc) is 2.71. The lowest BCUT2D eigenvalue weighted by molar-refractivity contribution is -0.385. The van der Waals surface area contributed by atoms with Gasteiger partial charge in [-0.05, 0) is 29.8 Å². The molecular formula is C20H17N3O6. The highest BCUT2D eigenvalue weighted by Crippen LogP contribution is 2.20. The summed E-state index contributed by atoms with van der Waals surface area (Å²) in [5, 5.41) is 27.8. The van der Waals surface area contributed by atoms with Crippen molar-refractivity contribution < 1.29 is 24.0 Å². The van der Waals surface area contributed by atoms with Crippen LogP contribution in [0.2, 0.25) is 0 Å². The van der Waals surface area contributed by atoms with Crippen LogP contribution in [-0.4, -0.2) is 16.9 Å². The highest BCUT2D eigenvalue weighted by molar-refractivity contribution is 5.66. The molecule has 29 heavy (non-hydrogen) atoms. The molecule has 0 saturated carbocycles. The molecular weight excluding hydrogens is 378 g/mol. The number of carbonyl (C=O) groups is 2. The summed E-state index contributed by atoms with van der Waals surface area (Å²) < 4.78 is 9.45. The maximum absolute atomic E-state index is 10.7. The van der Waals surface area contributed by atoms with Gasteiger partial charge in [-0.1, -0.05) is 12.1 Å². The lowest BCUT2D eigenvalue weighted by Gasteiger charge is -2.03. The highest BCUT2D eigenvalue weighted by Gasteiger charge is 2.15. The zero-order chi connectivity index (χ0) is 21.8. The van der Waals surface area contributed by atoms with Crippen LogP contribution in [0.1, 0.15) is 36.1 Å². The Balaban J connectivity index is 0.000000296. The molecule has 2 aromatic rings. The Hall–Kier alpha value is -4.24. The molecule has 148 valence electrons. The Kier molecular flexibility index (Phi) is 9.02. The van der Waals surface area contributed by atoms with E-state index in [2.05, 4.69) is 4.74 Å². The number of hydrogen-bond acceptors (Lipinski definition) is 8. The van der Waals surface area contributed by atoms with Gasteiger partial charge in [0.1, 0.15) is 13.2 Å². The third-order valence-electron chi connectivity index (χ3n) is 3.37. The summed E-state index contributed by atoms with van der Waals surface area (Å²) in [6, 6.07) is 14.7. The molecule has 2 rings (SSSR count). The molecule has 2 aromatic carbocycles. The van der Waals surface area contributed by atoms with Gasteiger partial charge < -0.3 is 9.47 Å². The summed E-state index contributed by atoms with van der Waals surface area (Å²) in [4.78, 5) is 31.1. The van der Waals surface area contributed by atoms with E-state index >= 15 is 0 Å². The van der Waals surface area contributed by atoms with Crippen molar-refractivity contribution in [1.29, 1.82) is 10.5 Å². The number of carbonyl (C=O) groups excluding carboxylic acids is 2. The molecule has 0 fully saturated rings. The zero-order valence-corrected chi connectivity index (χ0v) is 15.7. The van der Waals surface area contributed by atoms with Gasteiger partial charge in [0.25, 0.3) is 5.69 Å². The van der Waals surface area contributed by atoms with Crippen LogP contribution in [0.3, 0.4) is 0 Å². The fourth-order valence-corrected chi connectivity index (χ4v) is 1.97. The summed E-state index contributed by atoms with van der Waals surface area (Å²) in [7, 11) is 0. The van der Waals surface area contributed by atoms with Crippen molar-refractivity contribution in [1.82, 2.24) is 0 Å². The van der Waals surface area contributed by atoms with E-state index in [0.29, 0.717) is 5.56 Å². The normalized spacial score (nSPS) is 9.10. The Labute approximate surface area is 166 Å². The summed E-state index contributed by atoms with van der Waals surface area (Å²) in [5.74, 6) is -0.817. The third-order valence-corrected chi connectivity index (χ3v) is 3.37. The molecule has 0 aliphatic heterocycles. The molecule has 0 aromatic heterocycles. The summed E-state index contributed by atoms with van der Waals surface area (Å²) >= 11 is 0. The molecule has 0 N–H and O–H groups in total. The van der Waals surface area contributed by atoms with Crippen molar-refractivity contribution >= 4 is 17.6 Å². The Morgan fingerprint density at radius 1 is 0.931 bits per heavy atom.